The fraction of sp³-hybridized carbons (Fsp3) is 0.190. The molecule has 130 valence electrons. The van der Waals surface area contributed by atoms with E-state index in [0.29, 0.717) is 21.9 Å². The van der Waals surface area contributed by atoms with Crippen LogP contribution in [0.5, 0.6) is 5.75 Å². The molecule has 3 rings (SSSR count). The average molecular weight is 362 g/mol. The molecule has 0 aliphatic rings. The summed E-state index contributed by atoms with van der Waals surface area (Å²) in [6, 6.07) is 15.1. The molecule has 4 nitrogen and oxygen atoms in total. The first-order valence-corrected chi connectivity index (χ1v) is 9.12. The summed E-state index contributed by atoms with van der Waals surface area (Å²) < 4.78 is 5.11. The smallest absolute Gasteiger partial charge is 0.173 e. The molecule has 0 bridgehead atoms. The maximum atomic E-state index is 12.4. The first-order chi connectivity index (χ1) is 12.5. The summed E-state index contributed by atoms with van der Waals surface area (Å²) in [5, 5.41) is 11.0. The highest BCUT2D eigenvalue weighted by atomic mass is 32.2. The SMILES string of the molecule is COc1ccc(C(=O)CSc2nc3cc(C)cc(C)c3cc2C#N)cc1. The van der Waals surface area contributed by atoms with Crippen molar-refractivity contribution in [2.24, 2.45) is 0 Å². The molecule has 0 saturated carbocycles. The van der Waals surface area contributed by atoms with Crippen molar-refractivity contribution < 1.29 is 9.53 Å². The van der Waals surface area contributed by atoms with E-state index in [1.54, 1.807) is 31.4 Å². The summed E-state index contributed by atoms with van der Waals surface area (Å²) in [5.74, 6) is 0.927. The number of Topliss-reactive ketones (excluding diaryl/α,β-unsaturated/α-hetero) is 1. The van der Waals surface area contributed by atoms with Crippen molar-refractivity contribution in [1.29, 1.82) is 5.26 Å². The largest absolute Gasteiger partial charge is 0.497 e. The zero-order valence-electron chi connectivity index (χ0n) is 14.9. The predicted octanol–water partition coefficient (Wildman–Crippen LogP) is 4.71. The number of fused-ring (bicyclic) bond motifs is 1. The van der Waals surface area contributed by atoms with Gasteiger partial charge in [-0.1, -0.05) is 17.8 Å². The van der Waals surface area contributed by atoms with Crippen molar-refractivity contribution in [2.75, 3.05) is 12.9 Å². The molecule has 0 aliphatic heterocycles. The number of ketones is 1. The number of hydrogen-bond donors (Lipinski definition) is 0. The van der Waals surface area contributed by atoms with Crippen LogP contribution in [-0.4, -0.2) is 23.6 Å². The lowest BCUT2D eigenvalue weighted by Crippen LogP contribution is -2.03. The second kappa shape index (κ2) is 7.59. The van der Waals surface area contributed by atoms with Gasteiger partial charge in [0, 0.05) is 10.9 Å². The van der Waals surface area contributed by atoms with Crippen LogP contribution < -0.4 is 4.74 Å². The number of aromatic nitrogens is 1. The third-order valence-electron chi connectivity index (χ3n) is 4.12. The van der Waals surface area contributed by atoms with E-state index in [1.165, 1.54) is 11.8 Å². The molecule has 0 radical (unpaired) electrons. The summed E-state index contributed by atoms with van der Waals surface area (Å²) >= 11 is 1.30. The number of hydrogen-bond acceptors (Lipinski definition) is 5. The van der Waals surface area contributed by atoms with Gasteiger partial charge in [0.1, 0.15) is 16.8 Å². The topological polar surface area (TPSA) is 63.0 Å². The van der Waals surface area contributed by atoms with E-state index < -0.39 is 0 Å². The van der Waals surface area contributed by atoms with Crippen molar-refractivity contribution in [3.63, 3.8) is 0 Å². The van der Waals surface area contributed by atoms with Crippen molar-refractivity contribution in [3.05, 3.63) is 64.7 Å². The number of pyridine rings is 1. The summed E-state index contributed by atoms with van der Waals surface area (Å²) in [5.41, 5.74) is 4.18. The Labute approximate surface area is 156 Å². The van der Waals surface area contributed by atoms with Crippen LogP contribution >= 0.6 is 11.8 Å². The van der Waals surface area contributed by atoms with Gasteiger partial charge in [-0.3, -0.25) is 4.79 Å². The number of methoxy groups -OCH3 is 1. The average Bonchev–Trinajstić information content (AvgIpc) is 2.65. The number of carbonyl (C=O) groups excluding carboxylic acids is 1. The molecular weight excluding hydrogens is 344 g/mol. The van der Waals surface area contributed by atoms with Gasteiger partial charge in [0.05, 0.1) is 23.9 Å². The quantitative estimate of drug-likeness (QED) is 0.486. The summed E-state index contributed by atoms with van der Waals surface area (Å²) in [7, 11) is 1.59. The normalized spacial score (nSPS) is 10.5. The van der Waals surface area contributed by atoms with Crippen LogP contribution in [0.2, 0.25) is 0 Å². The Morgan fingerprint density at radius 2 is 1.92 bits per heavy atom. The van der Waals surface area contributed by atoms with Crippen LogP contribution in [0.4, 0.5) is 0 Å². The van der Waals surface area contributed by atoms with Gasteiger partial charge < -0.3 is 4.74 Å². The number of benzene rings is 2. The van der Waals surface area contributed by atoms with Gasteiger partial charge in [-0.05, 0) is 61.4 Å². The van der Waals surface area contributed by atoms with Crippen LogP contribution in [0.3, 0.4) is 0 Å². The van der Waals surface area contributed by atoms with Gasteiger partial charge in [0.25, 0.3) is 0 Å². The number of nitrogens with zero attached hydrogens (tertiary/aromatic N) is 2. The van der Waals surface area contributed by atoms with E-state index in [0.717, 1.165) is 22.0 Å². The molecule has 2 aromatic carbocycles. The molecule has 0 aliphatic carbocycles. The number of carbonyl (C=O) groups is 1. The fourth-order valence-electron chi connectivity index (χ4n) is 2.80. The minimum absolute atomic E-state index is 0.0103. The van der Waals surface area contributed by atoms with Crippen LogP contribution in [0.25, 0.3) is 10.9 Å². The lowest BCUT2D eigenvalue weighted by molar-refractivity contribution is 0.102. The second-order valence-electron chi connectivity index (χ2n) is 6.04. The van der Waals surface area contributed by atoms with Crippen molar-refractivity contribution in [2.45, 2.75) is 18.9 Å². The predicted molar refractivity (Wildman–Crippen MR) is 104 cm³/mol. The van der Waals surface area contributed by atoms with Gasteiger partial charge in [-0.15, -0.1) is 0 Å². The molecule has 0 atom stereocenters. The van der Waals surface area contributed by atoms with Crippen molar-refractivity contribution >= 4 is 28.4 Å². The number of thioether (sulfide) groups is 1. The van der Waals surface area contributed by atoms with E-state index >= 15 is 0 Å². The Bertz CT molecular complexity index is 1020. The maximum Gasteiger partial charge on any atom is 0.173 e. The number of rotatable bonds is 5. The molecule has 1 heterocycles. The maximum absolute atomic E-state index is 12.4. The molecule has 0 unspecified atom stereocenters. The van der Waals surface area contributed by atoms with Gasteiger partial charge in [0.2, 0.25) is 0 Å². The fourth-order valence-corrected chi connectivity index (χ4v) is 3.65. The van der Waals surface area contributed by atoms with Crippen LogP contribution in [0.1, 0.15) is 27.0 Å². The van der Waals surface area contributed by atoms with Crippen LogP contribution in [0, 0.1) is 25.2 Å². The summed E-state index contributed by atoms with van der Waals surface area (Å²) in [4.78, 5) is 17.0. The highest BCUT2D eigenvalue weighted by Gasteiger charge is 2.13. The number of ether oxygens (including phenoxy) is 1. The van der Waals surface area contributed by atoms with Gasteiger partial charge in [0.15, 0.2) is 5.78 Å². The molecule has 0 N–H and O–H groups in total. The molecular formula is C21H18N2O2S. The molecule has 5 heteroatoms. The first-order valence-electron chi connectivity index (χ1n) is 8.14. The highest BCUT2D eigenvalue weighted by Crippen LogP contribution is 2.28. The van der Waals surface area contributed by atoms with E-state index in [9.17, 15) is 10.1 Å². The third-order valence-corrected chi connectivity index (χ3v) is 5.11. The van der Waals surface area contributed by atoms with Crippen molar-refractivity contribution in [3.8, 4) is 11.8 Å². The summed E-state index contributed by atoms with van der Waals surface area (Å²) in [6.45, 7) is 4.03. The van der Waals surface area contributed by atoms with Crippen LogP contribution in [-0.2, 0) is 0 Å². The Morgan fingerprint density at radius 3 is 2.58 bits per heavy atom. The molecule has 26 heavy (non-hydrogen) atoms. The lowest BCUT2D eigenvalue weighted by Gasteiger charge is -2.08. The molecule has 0 amide bonds. The first kappa shape index (κ1) is 18.0. The van der Waals surface area contributed by atoms with Crippen molar-refractivity contribution in [1.82, 2.24) is 4.98 Å². The van der Waals surface area contributed by atoms with Crippen LogP contribution in [0.15, 0.2) is 47.5 Å². The van der Waals surface area contributed by atoms with Gasteiger partial charge in [-0.25, -0.2) is 4.98 Å². The second-order valence-corrected chi connectivity index (χ2v) is 7.01. The highest BCUT2D eigenvalue weighted by molar-refractivity contribution is 8.00. The van der Waals surface area contributed by atoms with Gasteiger partial charge in [-0.2, -0.15) is 5.26 Å². The van der Waals surface area contributed by atoms with Gasteiger partial charge >= 0.3 is 0 Å². The molecule has 3 aromatic rings. The minimum Gasteiger partial charge on any atom is -0.497 e. The van der Waals surface area contributed by atoms with E-state index in [1.807, 2.05) is 26.0 Å². The third kappa shape index (κ3) is 3.71. The number of nitriles is 1. The Balaban J connectivity index is 1.85. The minimum atomic E-state index is -0.0103. The molecule has 0 saturated heterocycles. The monoisotopic (exact) mass is 362 g/mol. The molecule has 1 aromatic heterocycles. The lowest BCUT2D eigenvalue weighted by atomic mass is 10.1. The van der Waals surface area contributed by atoms with E-state index in [4.69, 9.17) is 4.74 Å². The standard InChI is InChI=1S/C21H18N2O2S/c1-13-8-14(2)18-10-16(11-22)21(23-19(18)9-13)26-12-20(24)15-4-6-17(25-3)7-5-15/h4-10H,12H2,1-3H3. The zero-order chi connectivity index (χ0) is 18.7. The Kier molecular flexibility index (Phi) is 5.24. The summed E-state index contributed by atoms with van der Waals surface area (Å²) in [6.07, 6.45) is 0. The molecule has 0 fully saturated rings. The number of aryl methyl sites for hydroxylation is 2. The van der Waals surface area contributed by atoms with E-state index in [-0.39, 0.29) is 11.5 Å². The van der Waals surface area contributed by atoms with E-state index in [2.05, 4.69) is 17.1 Å². The Hall–Kier alpha value is -2.84. The molecule has 0 spiro atoms. The Morgan fingerprint density at radius 1 is 1.19 bits per heavy atom. The zero-order valence-corrected chi connectivity index (χ0v) is 15.7.